The monoisotopic (exact) mass is 318 g/mol. The van der Waals surface area contributed by atoms with Gasteiger partial charge in [0.05, 0.1) is 23.7 Å². The van der Waals surface area contributed by atoms with Gasteiger partial charge in [-0.1, -0.05) is 6.07 Å². The van der Waals surface area contributed by atoms with Gasteiger partial charge in [-0.15, -0.1) is 0 Å². The second-order valence-electron chi connectivity index (χ2n) is 5.77. The predicted octanol–water partition coefficient (Wildman–Crippen LogP) is 2.46. The molecule has 2 heterocycles. The molecule has 120 valence electrons. The molecule has 1 fully saturated rings. The number of alkyl halides is 1. The summed E-state index contributed by atoms with van der Waals surface area (Å²) in [5.41, 5.74) is -0.287. The molecule has 0 radical (unpaired) electrons. The van der Waals surface area contributed by atoms with Gasteiger partial charge in [0.25, 0.3) is 11.2 Å². The minimum absolute atomic E-state index is 0.0228. The number of pyridine rings is 1. The highest BCUT2D eigenvalue weighted by Crippen LogP contribution is 2.35. The zero-order valence-electron chi connectivity index (χ0n) is 12.7. The number of ether oxygens (including phenoxy) is 1. The lowest BCUT2D eigenvalue weighted by Crippen LogP contribution is -2.47. The van der Waals surface area contributed by atoms with E-state index in [9.17, 15) is 19.3 Å². The third-order valence-corrected chi connectivity index (χ3v) is 4.07. The Hall–Kier alpha value is -2.54. The number of non-ortho nitro benzene ring substituents is 1. The van der Waals surface area contributed by atoms with Gasteiger partial charge in [0.15, 0.2) is 5.67 Å². The summed E-state index contributed by atoms with van der Waals surface area (Å²) in [4.78, 5) is 22.7. The first-order chi connectivity index (χ1) is 10.8. The van der Waals surface area contributed by atoms with Gasteiger partial charge >= 0.3 is 0 Å². The Morgan fingerprint density at radius 3 is 2.61 bits per heavy atom. The summed E-state index contributed by atoms with van der Waals surface area (Å²) in [6.45, 7) is 1.50. The third kappa shape index (κ3) is 2.53. The number of nitrogens with zero attached hydrogens (tertiary/aromatic N) is 2. The van der Waals surface area contributed by atoms with Crippen molar-refractivity contribution in [2.24, 2.45) is 7.05 Å². The summed E-state index contributed by atoms with van der Waals surface area (Å²) < 4.78 is 20.8. The Balaban J connectivity index is 2.20. The van der Waals surface area contributed by atoms with Crippen LogP contribution in [0.4, 0.5) is 10.1 Å². The van der Waals surface area contributed by atoms with Crippen LogP contribution in [0.2, 0.25) is 0 Å². The first-order valence-corrected chi connectivity index (χ1v) is 7.05. The summed E-state index contributed by atoms with van der Waals surface area (Å²) in [6, 6.07) is 5.95. The van der Waals surface area contributed by atoms with Gasteiger partial charge in [-0.05, 0) is 29.7 Å². The molecule has 0 atom stereocenters. The molecule has 0 aliphatic carbocycles. The van der Waals surface area contributed by atoms with E-state index in [0.29, 0.717) is 11.1 Å². The minimum atomic E-state index is -1.79. The van der Waals surface area contributed by atoms with E-state index in [1.54, 1.807) is 12.3 Å². The summed E-state index contributed by atoms with van der Waals surface area (Å²) in [5, 5.41) is 11.0. The van der Waals surface area contributed by atoms with Gasteiger partial charge in [0, 0.05) is 25.4 Å². The minimum Gasteiger partial charge on any atom is -0.374 e. The van der Waals surface area contributed by atoms with Crippen LogP contribution >= 0.6 is 0 Å². The third-order valence-electron chi connectivity index (χ3n) is 4.07. The molecule has 0 N–H and O–H groups in total. The molecule has 2 aromatic rings. The lowest BCUT2D eigenvalue weighted by molar-refractivity contribution is -0.384. The van der Waals surface area contributed by atoms with E-state index in [-0.39, 0.29) is 24.5 Å². The Labute approximate surface area is 131 Å². The first kappa shape index (κ1) is 15.4. The highest BCUT2D eigenvalue weighted by Gasteiger charge is 2.43. The van der Waals surface area contributed by atoms with Crippen LogP contribution in [0, 0.1) is 17.0 Å². The van der Waals surface area contributed by atoms with Crippen molar-refractivity contribution in [2.75, 3.05) is 13.2 Å². The van der Waals surface area contributed by atoms with Crippen LogP contribution in [0.15, 0.2) is 35.3 Å². The van der Waals surface area contributed by atoms with Crippen molar-refractivity contribution in [3.05, 3.63) is 62.1 Å². The van der Waals surface area contributed by atoms with Gasteiger partial charge < -0.3 is 9.30 Å². The number of benzene rings is 1. The van der Waals surface area contributed by atoms with Crippen molar-refractivity contribution in [3.63, 3.8) is 0 Å². The number of halogens is 1. The van der Waals surface area contributed by atoms with Crippen molar-refractivity contribution in [3.8, 4) is 11.1 Å². The summed E-state index contributed by atoms with van der Waals surface area (Å²) in [7, 11) is 1.53. The van der Waals surface area contributed by atoms with Crippen LogP contribution in [-0.4, -0.2) is 22.7 Å². The van der Waals surface area contributed by atoms with E-state index in [2.05, 4.69) is 0 Å². The number of aryl methyl sites for hydroxylation is 2. The molecule has 6 nitrogen and oxygen atoms in total. The molecule has 0 unspecified atom stereocenters. The topological polar surface area (TPSA) is 74.4 Å². The van der Waals surface area contributed by atoms with Gasteiger partial charge in [-0.25, -0.2) is 4.39 Å². The van der Waals surface area contributed by atoms with E-state index in [4.69, 9.17) is 4.74 Å². The maximum Gasteiger partial charge on any atom is 0.270 e. The second-order valence-corrected chi connectivity index (χ2v) is 5.77. The van der Waals surface area contributed by atoms with Gasteiger partial charge in [0.2, 0.25) is 0 Å². The first-order valence-electron chi connectivity index (χ1n) is 7.05. The van der Waals surface area contributed by atoms with Crippen LogP contribution < -0.4 is 5.56 Å². The number of nitro groups is 1. The fourth-order valence-corrected chi connectivity index (χ4v) is 2.65. The van der Waals surface area contributed by atoms with Crippen LogP contribution in [0.25, 0.3) is 11.1 Å². The van der Waals surface area contributed by atoms with Crippen LogP contribution in [0.1, 0.15) is 11.1 Å². The Morgan fingerprint density at radius 1 is 1.35 bits per heavy atom. The zero-order valence-corrected chi connectivity index (χ0v) is 12.7. The van der Waals surface area contributed by atoms with E-state index >= 15 is 0 Å². The quantitative estimate of drug-likeness (QED) is 0.643. The summed E-state index contributed by atoms with van der Waals surface area (Å²) in [6.07, 6.45) is 1.56. The van der Waals surface area contributed by atoms with Crippen LogP contribution in [0.5, 0.6) is 0 Å². The number of hydrogen-bond acceptors (Lipinski definition) is 4. The van der Waals surface area contributed by atoms with Gasteiger partial charge in [-0.2, -0.15) is 0 Å². The van der Waals surface area contributed by atoms with E-state index < -0.39 is 16.2 Å². The normalized spacial score (nSPS) is 16.0. The number of nitro benzene ring substituents is 1. The van der Waals surface area contributed by atoms with E-state index in [1.807, 2.05) is 6.92 Å². The van der Waals surface area contributed by atoms with Crippen molar-refractivity contribution < 1.29 is 14.1 Å². The molecule has 7 heteroatoms. The average Bonchev–Trinajstić information content (AvgIpc) is 2.48. The van der Waals surface area contributed by atoms with Gasteiger partial charge in [0.1, 0.15) is 0 Å². The molecular weight excluding hydrogens is 303 g/mol. The molecule has 1 aliphatic heterocycles. The average molecular weight is 318 g/mol. The molecule has 1 aliphatic rings. The van der Waals surface area contributed by atoms with Crippen LogP contribution in [0.3, 0.4) is 0 Å². The lowest BCUT2D eigenvalue weighted by atomic mass is 9.92. The Kier molecular flexibility index (Phi) is 3.52. The number of aromatic nitrogens is 1. The Morgan fingerprint density at radius 2 is 2.04 bits per heavy atom. The standard InChI is InChI=1S/C16H15FN2O4/c1-10-3-4-12(19(21)22)6-13(10)11-5-14(15(20)18(2)7-11)16(17)8-23-9-16/h3-7H,8-9H2,1-2H3. The zero-order chi connectivity index (χ0) is 16.8. The number of hydrogen-bond donors (Lipinski definition) is 0. The van der Waals surface area contributed by atoms with Crippen molar-refractivity contribution in [1.29, 1.82) is 0 Å². The largest absolute Gasteiger partial charge is 0.374 e. The molecule has 0 saturated carbocycles. The molecular formula is C16H15FN2O4. The SMILES string of the molecule is Cc1ccc([N+](=O)[O-])cc1-c1cc(C2(F)COC2)c(=O)n(C)c1. The van der Waals surface area contributed by atoms with Crippen LogP contribution in [-0.2, 0) is 17.5 Å². The second kappa shape index (κ2) is 5.27. The molecule has 23 heavy (non-hydrogen) atoms. The fourth-order valence-electron chi connectivity index (χ4n) is 2.65. The maximum atomic E-state index is 14.6. The fraction of sp³-hybridized carbons (Fsp3) is 0.312. The molecule has 1 saturated heterocycles. The number of rotatable bonds is 3. The van der Waals surface area contributed by atoms with Crippen molar-refractivity contribution >= 4 is 5.69 Å². The van der Waals surface area contributed by atoms with E-state index in [1.165, 1.54) is 29.8 Å². The van der Waals surface area contributed by atoms with E-state index in [0.717, 1.165) is 5.56 Å². The van der Waals surface area contributed by atoms with Crippen molar-refractivity contribution in [2.45, 2.75) is 12.6 Å². The molecule has 0 bridgehead atoms. The smallest absolute Gasteiger partial charge is 0.270 e. The van der Waals surface area contributed by atoms with Crippen molar-refractivity contribution in [1.82, 2.24) is 4.57 Å². The predicted molar refractivity (Wildman–Crippen MR) is 82.1 cm³/mol. The summed E-state index contributed by atoms with van der Waals surface area (Å²) in [5.74, 6) is 0. The highest BCUT2D eigenvalue weighted by molar-refractivity contribution is 5.70. The molecule has 0 amide bonds. The molecule has 3 rings (SSSR count). The summed E-state index contributed by atoms with van der Waals surface area (Å²) >= 11 is 0. The van der Waals surface area contributed by atoms with Gasteiger partial charge in [-0.3, -0.25) is 14.9 Å². The molecule has 0 spiro atoms. The maximum absolute atomic E-state index is 14.6. The molecule has 1 aromatic carbocycles. The molecule has 1 aromatic heterocycles. The highest BCUT2D eigenvalue weighted by atomic mass is 19.1. The lowest BCUT2D eigenvalue weighted by Gasteiger charge is -2.33. The Bertz CT molecular complexity index is 856.